The molecular formula is C16H17N3O3S. The molecule has 7 heteroatoms. The van der Waals surface area contributed by atoms with Crippen molar-refractivity contribution in [3.05, 3.63) is 53.9 Å². The van der Waals surface area contributed by atoms with E-state index in [0.29, 0.717) is 29.9 Å². The van der Waals surface area contributed by atoms with Crippen molar-refractivity contribution < 1.29 is 13.2 Å². The van der Waals surface area contributed by atoms with E-state index in [4.69, 9.17) is 0 Å². The molecule has 1 fully saturated rings. The van der Waals surface area contributed by atoms with Crippen molar-refractivity contribution in [2.45, 2.75) is 13.3 Å². The largest absolute Gasteiger partial charge is 0.322 e. The summed E-state index contributed by atoms with van der Waals surface area (Å²) in [6, 6.07) is 8.53. The lowest BCUT2D eigenvalue weighted by Crippen LogP contribution is -2.25. The van der Waals surface area contributed by atoms with Gasteiger partial charge < -0.3 is 5.32 Å². The Balaban J connectivity index is 1.88. The molecule has 2 aromatic rings. The highest BCUT2D eigenvalue weighted by atomic mass is 32.2. The van der Waals surface area contributed by atoms with Crippen LogP contribution in [0.5, 0.6) is 0 Å². The predicted octanol–water partition coefficient (Wildman–Crippen LogP) is 2.18. The summed E-state index contributed by atoms with van der Waals surface area (Å²) < 4.78 is 25.5. The first-order valence-electron chi connectivity index (χ1n) is 7.30. The summed E-state index contributed by atoms with van der Waals surface area (Å²) >= 11 is 0. The van der Waals surface area contributed by atoms with Gasteiger partial charge in [-0.2, -0.15) is 0 Å². The lowest BCUT2D eigenvalue weighted by atomic mass is 10.1. The molecule has 2 heterocycles. The minimum Gasteiger partial charge on any atom is -0.322 e. The topological polar surface area (TPSA) is 79.4 Å². The molecule has 1 aromatic heterocycles. The molecule has 3 rings (SSSR count). The van der Waals surface area contributed by atoms with Crippen LogP contribution in [-0.2, 0) is 10.0 Å². The van der Waals surface area contributed by atoms with Crippen molar-refractivity contribution in [2.75, 3.05) is 21.9 Å². The number of nitrogens with zero attached hydrogens (tertiary/aromatic N) is 2. The fourth-order valence-corrected chi connectivity index (χ4v) is 4.08. The lowest BCUT2D eigenvalue weighted by Gasteiger charge is -2.19. The van der Waals surface area contributed by atoms with E-state index in [-0.39, 0.29) is 11.7 Å². The summed E-state index contributed by atoms with van der Waals surface area (Å²) in [7, 11) is -3.24. The van der Waals surface area contributed by atoms with E-state index < -0.39 is 10.0 Å². The maximum absolute atomic E-state index is 12.3. The number of hydrogen-bond donors (Lipinski definition) is 1. The molecule has 0 atom stereocenters. The standard InChI is InChI=1S/C16H17N3O3S/c1-12-3-4-14(19-9-2-10-23(19,21)22)11-15(12)18-16(20)13-5-7-17-8-6-13/h3-8,11H,2,9-10H2,1H3,(H,18,20). The van der Waals surface area contributed by atoms with E-state index in [2.05, 4.69) is 10.3 Å². The van der Waals surface area contributed by atoms with Gasteiger partial charge in [0.1, 0.15) is 0 Å². The Labute approximate surface area is 135 Å². The van der Waals surface area contributed by atoms with E-state index in [1.54, 1.807) is 36.7 Å². The molecule has 0 saturated carbocycles. The SMILES string of the molecule is Cc1ccc(N2CCCS2(=O)=O)cc1NC(=O)c1ccncc1. The number of aromatic nitrogens is 1. The molecule has 1 aliphatic rings. The number of nitrogens with one attached hydrogen (secondary N) is 1. The van der Waals surface area contributed by atoms with Crippen molar-refractivity contribution in [2.24, 2.45) is 0 Å². The van der Waals surface area contributed by atoms with Crippen LogP contribution >= 0.6 is 0 Å². The highest BCUT2D eigenvalue weighted by Crippen LogP contribution is 2.28. The van der Waals surface area contributed by atoms with Gasteiger partial charge in [-0.25, -0.2) is 8.42 Å². The zero-order chi connectivity index (χ0) is 16.4. The second-order valence-corrected chi connectivity index (χ2v) is 7.44. The molecule has 6 nitrogen and oxygen atoms in total. The first kappa shape index (κ1) is 15.5. The second kappa shape index (κ2) is 6.00. The molecule has 23 heavy (non-hydrogen) atoms. The van der Waals surface area contributed by atoms with Crippen LogP contribution in [0.4, 0.5) is 11.4 Å². The summed E-state index contributed by atoms with van der Waals surface area (Å²) in [5.74, 6) is -0.0866. The van der Waals surface area contributed by atoms with Gasteiger partial charge in [-0.15, -0.1) is 0 Å². The fraction of sp³-hybridized carbons (Fsp3) is 0.250. The third-order valence-corrected chi connectivity index (χ3v) is 5.67. The summed E-state index contributed by atoms with van der Waals surface area (Å²) in [6.07, 6.45) is 3.72. The average molecular weight is 331 g/mol. The van der Waals surface area contributed by atoms with E-state index in [1.807, 2.05) is 13.0 Å². The number of amides is 1. The minimum atomic E-state index is -3.24. The Morgan fingerprint density at radius 1 is 1.22 bits per heavy atom. The molecule has 1 amide bonds. The first-order chi connectivity index (χ1) is 11.0. The molecule has 1 aromatic carbocycles. The molecule has 0 aliphatic carbocycles. The fourth-order valence-electron chi connectivity index (χ4n) is 2.53. The number of rotatable bonds is 3. The Hall–Kier alpha value is -2.41. The molecule has 1 N–H and O–H groups in total. The van der Waals surface area contributed by atoms with E-state index in [9.17, 15) is 13.2 Å². The summed E-state index contributed by atoms with van der Waals surface area (Å²) in [5.41, 5.74) is 2.55. The highest BCUT2D eigenvalue weighted by molar-refractivity contribution is 7.93. The quantitative estimate of drug-likeness (QED) is 0.935. The van der Waals surface area contributed by atoms with E-state index in [1.165, 1.54) is 4.31 Å². The maximum Gasteiger partial charge on any atom is 0.255 e. The zero-order valence-electron chi connectivity index (χ0n) is 12.7. The van der Waals surface area contributed by atoms with Crippen molar-refractivity contribution in [1.82, 2.24) is 4.98 Å². The van der Waals surface area contributed by atoms with Crippen molar-refractivity contribution in [3.8, 4) is 0 Å². The molecule has 1 aliphatic heterocycles. The number of carbonyl (C=O) groups is 1. The van der Waals surface area contributed by atoms with Crippen molar-refractivity contribution in [3.63, 3.8) is 0 Å². The van der Waals surface area contributed by atoms with Gasteiger partial charge in [0.25, 0.3) is 5.91 Å². The molecule has 0 bridgehead atoms. The van der Waals surface area contributed by atoms with Crippen LogP contribution in [0, 0.1) is 6.92 Å². The first-order valence-corrected chi connectivity index (χ1v) is 8.91. The lowest BCUT2D eigenvalue weighted by molar-refractivity contribution is 0.102. The predicted molar refractivity (Wildman–Crippen MR) is 89.1 cm³/mol. The van der Waals surface area contributed by atoms with Crippen LogP contribution in [0.3, 0.4) is 0 Å². The van der Waals surface area contributed by atoms with Crippen LogP contribution in [-0.4, -0.2) is 31.6 Å². The van der Waals surface area contributed by atoms with Gasteiger partial charge in [0.05, 0.1) is 11.4 Å². The number of carbonyl (C=O) groups excluding carboxylic acids is 1. The molecular weight excluding hydrogens is 314 g/mol. The second-order valence-electron chi connectivity index (χ2n) is 5.43. The Kier molecular flexibility index (Phi) is 4.04. The Morgan fingerprint density at radius 3 is 2.61 bits per heavy atom. The molecule has 0 spiro atoms. The van der Waals surface area contributed by atoms with Crippen LogP contribution in [0.2, 0.25) is 0 Å². The van der Waals surface area contributed by atoms with Crippen LogP contribution in [0.15, 0.2) is 42.7 Å². The summed E-state index contributed by atoms with van der Waals surface area (Å²) in [6.45, 7) is 2.34. The van der Waals surface area contributed by atoms with Gasteiger partial charge in [-0.1, -0.05) is 6.07 Å². The molecule has 120 valence electrons. The normalized spacial score (nSPS) is 16.3. The monoisotopic (exact) mass is 331 g/mol. The Morgan fingerprint density at radius 2 is 1.96 bits per heavy atom. The smallest absolute Gasteiger partial charge is 0.255 e. The number of sulfonamides is 1. The van der Waals surface area contributed by atoms with E-state index in [0.717, 1.165) is 5.56 Å². The zero-order valence-corrected chi connectivity index (χ0v) is 13.5. The third-order valence-electron chi connectivity index (χ3n) is 3.80. The van der Waals surface area contributed by atoms with E-state index >= 15 is 0 Å². The average Bonchev–Trinajstić information content (AvgIpc) is 2.90. The maximum atomic E-state index is 12.3. The highest BCUT2D eigenvalue weighted by Gasteiger charge is 2.28. The summed E-state index contributed by atoms with van der Waals surface area (Å²) in [5, 5.41) is 2.83. The van der Waals surface area contributed by atoms with Gasteiger partial charge >= 0.3 is 0 Å². The van der Waals surface area contributed by atoms with Crippen molar-refractivity contribution >= 4 is 27.3 Å². The molecule has 0 unspecified atom stereocenters. The number of pyridine rings is 1. The third kappa shape index (κ3) is 3.19. The molecule has 1 saturated heterocycles. The van der Waals surface area contributed by atoms with Gasteiger partial charge in [0.2, 0.25) is 10.0 Å². The van der Waals surface area contributed by atoms with Gasteiger partial charge in [0, 0.05) is 30.2 Å². The molecule has 0 radical (unpaired) electrons. The van der Waals surface area contributed by atoms with Gasteiger partial charge in [0.15, 0.2) is 0 Å². The number of hydrogen-bond acceptors (Lipinski definition) is 4. The number of anilines is 2. The van der Waals surface area contributed by atoms with Gasteiger partial charge in [-0.3, -0.25) is 14.1 Å². The summed E-state index contributed by atoms with van der Waals surface area (Å²) in [4.78, 5) is 16.1. The van der Waals surface area contributed by atoms with Crippen LogP contribution in [0.1, 0.15) is 22.3 Å². The number of aryl methyl sites for hydroxylation is 1. The van der Waals surface area contributed by atoms with Gasteiger partial charge in [-0.05, 0) is 43.2 Å². The van der Waals surface area contributed by atoms with Crippen LogP contribution < -0.4 is 9.62 Å². The minimum absolute atomic E-state index is 0.166. The van der Waals surface area contributed by atoms with Crippen molar-refractivity contribution in [1.29, 1.82) is 0 Å². The Bertz CT molecular complexity index is 835. The van der Waals surface area contributed by atoms with Crippen LogP contribution in [0.25, 0.3) is 0 Å². The number of benzene rings is 1.